The number of rotatable bonds is 2. The van der Waals surface area contributed by atoms with Gasteiger partial charge in [-0.3, -0.25) is 0 Å². The van der Waals surface area contributed by atoms with Crippen LogP contribution in [-0.4, -0.2) is 39.1 Å². The molecule has 2 atom stereocenters. The molecule has 4 rings (SSSR count). The predicted octanol–water partition coefficient (Wildman–Crippen LogP) is 4.23. The van der Waals surface area contributed by atoms with E-state index in [1.807, 2.05) is 6.07 Å². The van der Waals surface area contributed by atoms with Crippen molar-refractivity contribution in [2.75, 3.05) is 11.4 Å². The minimum Gasteiger partial charge on any atom is -0.507 e. The average molecular weight is 407 g/mol. The van der Waals surface area contributed by atoms with E-state index in [1.165, 1.54) is 6.92 Å². The molecular weight excluding hydrogens is 383 g/mol. The van der Waals surface area contributed by atoms with Gasteiger partial charge in [-0.2, -0.15) is 13.2 Å². The lowest BCUT2D eigenvalue weighted by molar-refractivity contribution is -0.137. The minimum absolute atomic E-state index is 0.218. The van der Waals surface area contributed by atoms with Crippen LogP contribution in [0.5, 0.6) is 5.75 Å². The number of alkyl halides is 3. The van der Waals surface area contributed by atoms with Crippen molar-refractivity contribution < 1.29 is 23.4 Å². The highest BCUT2D eigenvalue weighted by atomic mass is 19.4. The van der Waals surface area contributed by atoms with Crippen LogP contribution in [0.15, 0.2) is 18.2 Å². The number of phenolic OH excluding ortho intramolecular Hbond substituents is 1. The Labute approximate surface area is 167 Å². The van der Waals surface area contributed by atoms with Crippen molar-refractivity contribution in [3.63, 3.8) is 0 Å². The second-order valence-corrected chi connectivity index (χ2v) is 8.03. The maximum Gasteiger partial charge on any atom is 0.416 e. The SMILES string of the molecule is Cc1cc(C(F)(F)F)cc(O)c1-c1cc2c(nn1)N([C@@H]1CCCC[C@H](O)C1)CC2. The van der Waals surface area contributed by atoms with Gasteiger partial charge in [0.1, 0.15) is 5.75 Å². The molecule has 156 valence electrons. The Hall–Kier alpha value is -2.35. The number of phenols is 1. The van der Waals surface area contributed by atoms with Gasteiger partial charge in [0.2, 0.25) is 0 Å². The Bertz CT molecular complexity index is 894. The quantitative estimate of drug-likeness (QED) is 0.729. The van der Waals surface area contributed by atoms with Crippen molar-refractivity contribution in [2.24, 2.45) is 0 Å². The summed E-state index contributed by atoms with van der Waals surface area (Å²) in [5.41, 5.74) is 1.02. The number of hydrogen-bond acceptors (Lipinski definition) is 5. The molecule has 0 spiro atoms. The summed E-state index contributed by atoms with van der Waals surface area (Å²) in [6, 6.07) is 3.78. The van der Waals surface area contributed by atoms with E-state index >= 15 is 0 Å². The summed E-state index contributed by atoms with van der Waals surface area (Å²) >= 11 is 0. The summed E-state index contributed by atoms with van der Waals surface area (Å²) in [6.07, 6.45) is 0.562. The van der Waals surface area contributed by atoms with E-state index in [9.17, 15) is 23.4 Å². The van der Waals surface area contributed by atoms with Gasteiger partial charge < -0.3 is 15.1 Å². The summed E-state index contributed by atoms with van der Waals surface area (Å²) in [7, 11) is 0. The Morgan fingerprint density at radius 3 is 2.59 bits per heavy atom. The summed E-state index contributed by atoms with van der Waals surface area (Å²) in [6.45, 7) is 2.31. The van der Waals surface area contributed by atoms with Crippen LogP contribution in [-0.2, 0) is 12.6 Å². The molecule has 0 unspecified atom stereocenters. The largest absolute Gasteiger partial charge is 0.507 e. The van der Waals surface area contributed by atoms with Crippen LogP contribution in [0.4, 0.5) is 19.0 Å². The lowest BCUT2D eigenvalue weighted by Gasteiger charge is -2.29. The molecule has 2 aromatic rings. The van der Waals surface area contributed by atoms with Crippen LogP contribution in [0.25, 0.3) is 11.3 Å². The van der Waals surface area contributed by atoms with Crippen molar-refractivity contribution >= 4 is 5.82 Å². The molecule has 0 bridgehead atoms. The first-order chi connectivity index (χ1) is 13.7. The number of aromatic nitrogens is 2. The van der Waals surface area contributed by atoms with E-state index in [1.54, 1.807) is 0 Å². The number of halogens is 3. The third-order valence-corrected chi connectivity index (χ3v) is 5.95. The number of anilines is 1. The first kappa shape index (κ1) is 19.9. The number of aliphatic hydroxyl groups excluding tert-OH is 1. The number of aliphatic hydroxyl groups is 1. The molecule has 0 amide bonds. The van der Waals surface area contributed by atoms with Gasteiger partial charge in [0.05, 0.1) is 17.4 Å². The maximum absolute atomic E-state index is 13.0. The van der Waals surface area contributed by atoms with Crippen LogP contribution in [0.2, 0.25) is 0 Å². The molecule has 1 aliphatic carbocycles. The van der Waals surface area contributed by atoms with Crippen LogP contribution < -0.4 is 4.90 Å². The molecule has 1 aromatic heterocycles. The van der Waals surface area contributed by atoms with E-state index in [-0.39, 0.29) is 17.7 Å². The lowest BCUT2D eigenvalue weighted by atomic mass is 9.99. The Morgan fingerprint density at radius 2 is 1.86 bits per heavy atom. The molecule has 1 fully saturated rings. The molecule has 8 heteroatoms. The van der Waals surface area contributed by atoms with Crippen molar-refractivity contribution in [1.29, 1.82) is 0 Å². The molecule has 1 saturated carbocycles. The number of nitrogens with zero attached hydrogens (tertiary/aromatic N) is 3. The fourth-order valence-electron chi connectivity index (χ4n) is 4.53. The zero-order valence-corrected chi connectivity index (χ0v) is 16.2. The summed E-state index contributed by atoms with van der Waals surface area (Å²) in [4.78, 5) is 2.19. The van der Waals surface area contributed by atoms with Crippen molar-refractivity contribution in [3.8, 4) is 17.0 Å². The zero-order chi connectivity index (χ0) is 20.8. The number of aryl methyl sites for hydroxylation is 1. The summed E-state index contributed by atoms with van der Waals surface area (Å²) in [5.74, 6) is 0.324. The summed E-state index contributed by atoms with van der Waals surface area (Å²) < 4.78 is 38.9. The van der Waals surface area contributed by atoms with E-state index in [0.717, 1.165) is 62.2 Å². The first-order valence-corrected chi connectivity index (χ1v) is 9.96. The Morgan fingerprint density at radius 1 is 1.10 bits per heavy atom. The Balaban J connectivity index is 1.65. The number of fused-ring (bicyclic) bond motifs is 1. The molecule has 5 nitrogen and oxygen atoms in total. The minimum atomic E-state index is -4.52. The highest BCUT2D eigenvalue weighted by molar-refractivity contribution is 5.73. The zero-order valence-electron chi connectivity index (χ0n) is 16.2. The number of aromatic hydroxyl groups is 1. The van der Waals surface area contributed by atoms with Gasteiger partial charge in [-0.1, -0.05) is 12.8 Å². The van der Waals surface area contributed by atoms with Gasteiger partial charge in [0, 0.05) is 23.7 Å². The maximum atomic E-state index is 13.0. The van der Waals surface area contributed by atoms with Gasteiger partial charge in [0.25, 0.3) is 0 Å². The topological polar surface area (TPSA) is 69.5 Å². The van der Waals surface area contributed by atoms with Crippen molar-refractivity contribution in [1.82, 2.24) is 10.2 Å². The molecule has 1 aliphatic heterocycles. The standard InChI is InChI=1S/C21H24F3N3O2/c1-12-8-14(21(22,23)24)10-18(29)19(12)17-9-13-6-7-27(20(13)26-25-17)15-4-2-3-5-16(28)11-15/h8-10,15-16,28-29H,2-7,11H2,1H3/t15-,16+/m1/s1. The van der Waals surface area contributed by atoms with Gasteiger partial charge in [-0.05, 0) is 56.4 Å². The van der Waals surface area contributed by atoms with Crippen molar-refractivity contribution in [3.05, 3.63) is 34.9 Å². The fourth-order valence-corrected chi connectivity index (χ4v) is 4.53. The molecule has 0 saturated heterocycles. The van der Waals surface area contributed by atoms with E-state index in [0.29, 0.717) is 17.7 Å². The molecule has 2 N–H and O–H groups in total. The van der Waals surface area contributed by atoms with E-state index in [4.69, 9.17) is 0 Å². The smallest absolute Gasteiger partial charge is 0.416 e. The van der Waals surface area contributed by atoms with Crippen molar-refractivity contribution in [2.45, 2.75) is 63.8 Å². The van der Waals surface area contributed by atoms with Crippen LogP contribution in [0.3, 0.4) is 0 Å². The second-order valence-electron chi connectivity index (χ2n) is 8.03. The van der Waals surface area contributed by atoms with Gasteiger partial charge in [0.15, 0.2) is 5.82 Å². The lowest BCUT2D eigenvalue weighted by Crippen LogP contribution is -2.36. The van der Waals surface area contributed by atoms with Gasteiger partial charge >= 0.3 is 6.18 Å². The first-order valence-electron chi connectivity index (χ1n) is 9.96. The van der Waals surface area contributed by atoms with Gasteiger partial charge in [-0.25, -0.2) is 0 Å². The van der Waals surface area contributed by atoms with Crippen LogP contribution in [0, 0.1) is 6.92 Å². The van der Waals surface area contributed by atoms with E-state index < -0.39 is 17.5 Å². The fraction of sp³-hybridized carbons (Fsp3) is 0.524. The number of benzene rings is 1. The Kier molecular flexibility index (Phi) is 5.14. The molecule has 1 aromatic carbocycles. The van der Waals surface area contributed by atoms with E-state index in [2.05, 4.69) is 15.1 Å². The van der Waals surface area contributed by atoms with Crippen LogP contribution >= 0.6 is 0 Å². The second kappa shape index (κ2) is 7.48. The predicted molar refractivity (Wildman–Crippen MR) is 103 cm³/mol. The highest BCUT2D eigenvalue weighted by Gasteiger charge is 2.33. The molecule has 2 heterocycles. The third kappa shape index (κ3) is 3.90. The van der Waals surface area contributed by atoms with Crippen LogP contribution in [0.1, 0.15) is 48.8 Å². The monoisotopic (exact) mass is 407 g/mol. The average Bonchev–Trinajstić information content (AvgIpc) is 2.94. The number of hydrogen-bond donors (Lipinski definition) is 2. The molecule has 2 aliphatic rings. The molecular formula is C21H24F3N3O2. The molecule has 0 radical (unpaired) electrons. The highest BCUT2D eigenvalue weighted by Crippen LogP contribution is 2.40. The normalized spacial score (nSPS) is 22.4. The third-order valence-electron chi connectivity index (χ3n) is 5.95. The summed E-state index contributed by atoms with van der Waals surface area (Å²) in [5, 5.41) is 29.0. The molecule has 29 heavy (non-hydrogen) atoms. The van der Waals surface area contributed by atoms with Gasteiger partial charge in [-0.15, -0.1) is 10.2 Å².